The number of carbonyl (C=O) groups excluding carboxylic acids is 1. The van der Waals surface area contributed by atoms with Crippen molar-refractivity contribution >= 4 is 22.8 Å². The lowest BCUT2D eigenvalue weighted by Gasteiger charge is -2.34. The zero-order chi connectivity index (χ0) is 17.9. The maximum atomic E-state index is 13.2. The molecule has 0 atom stereocenters. The fraction of sp³-hybridized carbons (Fsp3) is 0.263. The third-order valence-corrected chi connectivity index (χ3v) is 4.43. The number of hydrogen-bond donors (Lipinski definition) is 1. The van der Waals surface area contributed by atoms with Gasteiger partial charge >= 0.3 is 6.03 Å². The van der Waals surface area contributed by atoms with Gasteiger partial charge in [0.25, 0.3) is 0 Å². The molecule has 7 heteroatoms. The number of nitrogens with one attached hydrogen (secondary N) is 1. The number of hydrogen-bond acceptors (Lipinski definition) is 4. The molecule has 0 unspecified atom stereocenters. The topological polar surface area (TPSA) is 61.6 Å². The van der Waals surface area contributed by atoms with Gasteiger partial charge in [0.05, 0.1) is 6.54 Å². The van der Waals surface area contributed by atoms with Crippen molar-refractivity contribution in [2.24, 2.45) is 0 Å². The molecule has 1 aliphatic heterocycles. The Hall–Kier alpha value is -2.93. The molecule has 2 amide bonds. The number of halogens is 1. The lowest BCUT2D eigenvalue weighted by molar-refractivity contribution is 0.136. The molecule has 6 nitrogen and oxygen atoms in total. The largest absolute Gasteiger partial charge is 0.439 e. The number of para-hydroxylation sites is 2. The average Bonchev–Trinajstić information content (AvgIpc) is 3.04. The molecule has 0 bridgehead atoms. The van der Waals surface area contributed by atoms with Gasteiger partial charge in [-0.25, -0.2) is 14.2 Å². The van der Waals surface area contributed by atoms with Crippen molar-refractivity contribution in [2.75, 3.05) is 31.5 Å². The zero-order valence-corrected chi connectivity index (χ0v) is 14.2. The molecule has 26 heavy (non-hydrogen) atoms. The number of anilines is 1. The maximum Gasteiger partial charge on any atom is 0.321 e. The first-order chi connectivity index (χ1) is 12.7. The number of rotatable bonds is 3. The summed E-state index contributed by atoms with van der Waals surface area (Å²) in [5, 5.41) is 2.73. The number of nitrogens with zero attached hydrogens (tertiary/aromatic N) is 3. The molecule has 4 rings (SSSR count). The van der Waals surface area contributed by atoms with E-state index in [2.05, 4.69) is 15.2 Å². The van der Waals surface area contributed by atoms with Crippen molar-refractivity contribution in [3.63, 3.8) is 0 Å². The smallest absolute Gasteiger partial charge is 0.321 e. The van der Waals surface area contributed by atoms with Crippen molar-refractivity contribution in [1.82, 2.24) is 14.8 Å². The van der Waals surface area contributed by atoms with Gasteiger partial charge in [-0.3, -0.25) is 4.90 Å². The number of amides is 2. The number of piperazine rings is 1. The van der Waals surface area contributed by atoms with Crippen LogP contribution >= 0.6 is 0 Å². The molecule has 1 aliphatic rings. The van der Waals surface area contributed by atoms with Crippen LogP contribution in [0, 0.1) is 5.82 Å². The summed E-state index contributed by atoms with van der Waals surface area (Å²) >= 11 is 0. The highest BCUT2D eigenvalue weighted by Crippen LogP contribution is 2.17. The third-order valence-electron chi connectivity index (χ3n) is 4.43. The number of oxazole rings is 1. The van der Waals surface area contributed by atoms with Gasteiger partial charge in [-0.2, -0.15) is 0 Å². The standard InChI is InChI=1S/C19H19FN4O2/c20-14-4-3-5-15(12-14)21-19(25)24-10-8-23(9-11-24)13-18-22-16-6-1-2-7-17(16)26-18/h1-7,12H,8-11,13H2,(H,21,25). The molecule has 0 spiro atoms. The molecule has 0 saturated carbocycles. The first-order valence-electron chi connectivity index (χ1n) is 8.56. The molecule has 1 N–H and O–H groups in total. The predicted octanol–water partition coefficient (Wildman–Crippen LogP) is 3.32. The Morgan fingerprint density at radius 3 is 2.69 bits per heavy atom. The summed E-state index contributed by atoms with van der Waals surface area (Å²) in [4.78, 5) is 20.7. The zero-order valence-electron chi connectivity index (χ0n) is 14.2. The fourth-order valence-corrected chi connectivity index (χ4v) is 3.06. The molecule has 3 aromatic rings. The summed E-state index contributed by atoms with van der Waals surface area (Å²) in [6, 6.07) is 13.4. The van der Waals surface area contributed by atoms with Crippen molar-refractivity contribution in [2.45, 2.75) is 6.54 Å². The summed E-state index contributed by atoms with van der Waals surface area (Å²) in [5.74, 6) is 0.315. The van der Waals surface area contributed by atoms with Crippen LogP contribution in [-0.4, -0.2) is 47.0 Å². The van der Waals surface area contributed by atoms with E-state index in [0.29, 0.717) is 31.2 Å². The van der Waals surface area contributed by atoms with E-state index >= 15 is 0 Å². The second kappa shape index (κ2) is 7.13. The summed E-state index contributed by atoms with van der Waals surface area (Å²) in [6.45, 7) is 3.28. The van der Waals surface area contributed by atoms with Crippen LogP contribution in [0.15, 0.2) is 52.9 Å². The minimum Gasteiger partial charge on any atom is -0.439 e. The van der Waals surface area contributed by atoms with Gasteiger partial charge in [-0.1, -0.05) is 18.2 Å². The molecular weight excluding hydrogens is 335 g/mol. The molecule has 2 heterocycles. The van der Waals surface area contributed by atoms with Crippen molar-refractivity contribution < 1.29 is 13.6 Å². The average molecular weight is 354 g/mol. The van der Waals surface area contributed by atoms with Crippen molar-refractivity contribution in [3.8, 4) is 0 Å². The van der Waals surface area contributed by atoms with Crippen LogP contribution in [0.25, 0.3) is 11.1 Å². The highest BCUT2D eigenvalue weighted by Gasteiger charge is 2.22. The molecular formula is C19H19FN4O2. The second-order valence-electron chi connectivity index (χ2n) is 6.28. The van der Waals surface area contributed by atoms with Gasteiger partial charge in [0.1, 0.15) is 11.3 Å². The summed E-state index contributed by atoms with van der Waals surface area (Å²) in [6.07, 6.45) is 0. The van der Waals surface area contributed by atoms with Gasteiger partial charge in [-0.15, -0.1) is 0 Å². The van der Waals surface area contributed by atoms with E-state index in [1.165, 1.54) is 12.1 Å². The van der Waals surface area contributed by atoms with Gasteiger partial charge in [0.15, 0.2) is 5.58 Å². The van der Waals surface area contributed by atoms with Crippen LogP contribution in [-0.2, 0) is 6.54 Å². The molecule has 1 aromatic heterocycles. The van der Waals surface area contributed by atoms with Crippen LogP contribution in [0.1, 0.15) is 5.89 Å². The Labute approximate surface area is 150 Å². The van der Waals surface area contributed by atoms with E-state index in [-0.39, 0.29) is 11.8 Å². The molecule has 0 aliphatic carbocycles. The molecule has 134 valence electrons. The van der Waals surface area contributed by atoms with Crippen LogP contribution in [0.2, 0.25) is 0 Å². The number of fused-ring (bicyclic) bond motifs is 1. The Morgan fingerprint density at radius 2 is 1.92 bits per heavy atom. The Morgan fingerprint density at radius 1 is 1.12 bits per heavy atom. The van der Waals surface area contributed by atoms with E-state index in [1.54, 1.807) is 17.0 Å². The Bertz CT molecular complexity index is 886. The molecule has 1 fully saturated rings. The Balaban J connectivity index is 1.31. The lowest BCUT2D eigenvalue weighted by atomic mass is 10.3. The lowest BCUT2D eigenvalue weighted by Crippen LogP contribution is -2.49. The highest BCUT2D eigenvalue weighted by molar-refractivity contribution is 5.89. The SMILES string of the molecule is O=C(Nc1cccc(F)c1)N1CCN(Cc2nc3ccccc3o2)CC1. The minimum absolute atomic E-state index is 0.211. The maximum absolute atomic E-state index is 13.2. The predicted molar refractivity (Wildman–Crippen MR) is 96.3 cm³/mol. The third kappa shape index (κ3) is 3.67. The van der Waals surface area contributed by atoms with Crippen molar-refractivity contribution in [1.29, 1.82) is 0 Å². The first kappa shape index (κ1) is 16.5. The summed E-state index contributed by atoms with van der Waals surface area (Å²) in [5.41, 5.74) is 2.11. The van der Waals surface area contributed by atoms with E-state index in [9.17, 15) is 9.18 Å². The normalized spacial score (nSPS) is 15.3. The minimum atomic E-state index is -0.369. The van der Waals surface area contributed by atoms with Gasteiger partial charge in [0, 0.05) is 31.9 Å². The highest BCUT2D eigenvalue weighted by atomic mass is 19.1. The van der Waals surface area contributed by atoms with Crippen molar-refractivity contribution in [3.05, 3.63) is 60.2 Å². The first-order valence-corrected chi connectivity index (χ1v) is 8.56. The fourth-order valence-electron chi connectivity index (χ4n) is 3.06. The Kier molecular flexibility index (Phi) is 4.53. The molecule has 1 saturated heterocycles. The van der Waals surface area contributed by atoms with Gasteiger partial charge < -0.3 is 14.6 Å². The quantitative estimate of drug-likeness (QED) is 0.784. The second-order valence-corrected chi connectivity index (χ2v) is 6.28. The van der Waals surface area contributed by atoms with Crippen LogP contribution < -0.4 is 5.32 Å². The summed E-state index contributed by atoms with van der Waals surface area (Å²) < 4.78 is 19.0. The van der Waals surface area contributed by atoms with Crippen LogP contribution in [0.3, 0.4) is 0 Å². The van der Waals surface area contributed by atoms with Gasteiger partial charge in [0.2, 0.25) is 5.89 Å². The van der Waals surface area contributed by atoms with E-state index in [1.807, 2.05) is 24.3 Å². The van der Waals surface area contributed by atoms with E-state index in [4.69, 9.17) is 4.42 Å². The molecule has 0 radical (unpaired) electrons. The molecule has 2 aromatic carbocycles. The summed E-state index contributed by atoms with van der Waals surface area (Å²) in [7, 11) is 0. The monoisotopic (exact) mass is 354 g/mol. The van der Waals surface area contributed by atoms with Crippen LogP contribution in [0.5, 0.6) is 0 Å². The van der Waals surface area contributed by atoms with E-state index in [0.717, 1.165) is 24.2 Å². The number of benzene rings is 2. The number of urea groups is 1. The van der Waals surface area contributed by atoms with Gasteiger partial charge in [-0.05, 0) is 30.3 Å². The number of carbonyl (C=O) groups is 1. The van der Waals surface area contributed by atoms with Crippen LogP contribution in [0.4, 0.5) is 14.9 Å². The van der Waals surface area contributed by atoms with E-state index < -0.39 is 0 Å². The number of aromatic nitrogens is 1.